The van der Waals surface area contributed by atoms with Crippen molar-refractivity contribution in [2.45, 2.75) is 26.4 Å². The molecule has 1 saturated heterocycles. The first-order valence-corrected chi connectivity index (χ1v) is 11.5. The van der Waals surface area contributed by atoms with Gasteiger partial charge < -0.3 is 9.64 Å². The average molecular weight is 462 g/mol. The number of cyclic esters (lactones) is 1. The van der Waals surface area contributed by atoms with Gasteiger partial charge in [-0.25, -0.2) is 14.8 Å². The van der Waals surface area contributed by atoms with Crippen LogP contribution in [0.3, 0.4) is 0 Å². The number of anilines is 1. The third-order valence-electron chi connectivity index (χ3n) is 6.51. The van der Waals surface area contributed by atoms with Crippen molar-refractivity contribution in [3.05, 3.63) is 58.3 Å². The minimum Gasteiger partial charge on any atom is -0.457 e. The Morgan fingerprint density at radius 2 is 1.97 bits per heavy atom. The van der Waals surface area contributed by atoms with Gasteiger partial charge in [-0.3, -0.25) is 9.69 Å². The van der Waals surface area contributed by atoms with E-state index in [1.165, 1.54) is 5.56 Å². The van der Waals surface area contributed by atoms with Crippen LogP contribution in [0, 0.1) is 6.92 Å². The lowest BCUT2D eigenvalue weighted by Crippen LogP contribution is -2.49. The van der Waals surface area contributed by atoms with E-state index >= 15 is 0 Å². The molecular formula is C24H27N7O3. The Bertz CT molecular complexity index is 1160. The van der Waals surface area contributed by atoms with Crippen LogP contribution in [-0.2, 0) is 29.0 Å². The molecule has 34 heavy (non-hydrogen) atoms. The van der Waals surface area contributed by atoms with Gasteiger partial charge in [0.15, 0.2) is 5.82 Å². The minimum absolute atomic E-state index is 0.130. The van der Waals surface area contributed by atoms with Crippen molar-refractivity contribution in [1.29, 1.82) is 0 Å². The van der Waals surface area contributed by atoms with Crippen molar-refractivity contribution >= 4 is 23.9 Å². The highest BCUT2D eigenvalue weighted by molar-refractivity contribution is 5.93. The van der Waals surface area contributed by atoms with E-state index < -0.39 is 0 Å². The summed E-state index contributed by atoms with van der Waals surface area (Å²) < 4.78 is 5.09. The van der Waals surface area contributed by atoms with Gasteiger partial charge in [0.2, 0.25) is 5.91 Å². The van der Waals surface area contributed by atoms with Crippen LogP contribution in [-0.4, -0.2) is 72.1 Å². The van der Waals surface area contributed by atoms with Gasteiger partial charge in [-0.1, -0.05) is 18.2 Å². The molecule has 3 aliphatic heterocycles. The van der Waals surface area contributed by atoms with Crippen LogP contribution in [0.5, 0.6) is 0 Å². The SMILES string of the molecule is Cc1nc(N2CC=NN=N2)ccc1CC(=O)N1CCN(CCc2ccc3c(c2)COC3=O)CC1. The Morgan fingerprint density at radius 1 is 1.12 bits per heavy atom. The zero-order valence-corrected chi connectivity index (χ0v) is 19.2. The fourth-order valence-electron chi connectivity index (χ4n) is 4.43. The maximum atomic E-state index is 12.9. The lowest BCUT2D eigenvalue weighted by Gasteiger charge is -2.35. The van der Waals surface area contributed by atoms with Crippen LogP contribution in [0.2, 0.25) is 0 Å². The molecule has 1 aromatic carbocycles. The summed E-state index contributed by atoms with van der Waals surface area (Å²) in [7, 11) is 0. The summed E-state index contributed by atoms with van der Waals surface area (Å²) in [6.07, 6.45) is 2.93. The molecule has 5 rings (SSSR count). The van der Waals surface area contributed by atoms with E-state index in [0.29, 0.717) is 31.0 Å². The van der Waals surface area contributed by atoms with Crippen LogP contribution in [0.1, 0.15) is 32.7 Å². The molecule has 0 radical (unpaired) electrons. The largest absolute Gasteiger partial charge is 0.457 e. The molecule has 2 aromatic rings. The molecule has 0 atom stereocenters. The Kier molecular flexibility index (Phi) is 6.31. The van der Waals surface area contributed by atoms with Crippen molar-refractivity contribution in [3.8, 4) is 0 Å². The van der Waals surface area contributed by atoms with Gasteiger partial charge in [0.05, 0.1) is 24.7 Å². The Hall–Kier alpha value is -3.66. The van der Waals surface area contributed by atoms with Crippen LogP contribution in [0.25, 0.3) is 0 Å². The molecule has 0 aliphatic carbocycles. The first-order chi connectivity index (χ1) is 16.6. The number of fused-ring (bicyclic) bond motifs is 1. The Morgan fingerprint density at radius 3 is 2.74 bits per heavy atom. The maximum absolute atomic E-state index is 12.9. The van der Waals surface area contributed by atoms with Gasteiger partial charge >= 0.3 is 5.97 Å². The van der Waals surface area contributed by atoms with Crippen molar-refractivity contribution in [2.24, 2.45) is 15.5 Å². The number of rotatable bonds is 6. The van der Waals surface area contributed by atoms with Gasteiger partial charge in [-0.2, -0.15) is 0 Å². The molecule has 0 spiro atoms. The zero-order chi connectivity index (χ0) is 23.5. The van der Waals surface area contributed by atoms with Crippen molar-refractivity contribution < 1.29 is 14.3 Å². The average Bonchev–Trinajstić information content (AvgIpc) is 3.24. The maximum Gasteiger partial charge on any atom is 0.338 e. The highest BCUT2D eigenvalue weighted by Crippen LogP contribution is 2.22. The minimum atomic E-state index is -0.229. The summed E-state index contributed by atoms with van der Waals surface area (Å²) in [5.74, 6) is 0.595. The zero-order valence-electron chi connectivity index (χ0n) is 19.2. The summed E-state index contributed by atoms with van der Waals surface area (Å²) >= 11 is 0. The van der Waals surface area contributed by atoms with Crippen molar-refractivity contribution in [1.82, 2.24) is 14.8 Å². The second-order valence-corrected chi connectivity index (χ2v) is 8.69. The highest BCUT2D eigenvalue weighted by Gasteiger charge is 2.23. The number of aryl methyl sites for hydroxylation is 1. The summed E-state index contributed by atoms with van der Waals surface area (Å²) in [4.78, 5) is 33.4. The van der Waals surface area contributed by atoms with Gasteiger partial charge in [-0.05, 0) is 47.1 Å². The number of carbonyl (C=O) groups excluding carboxylic acids is 2. The van der Waals surface area contributed by atoms with E-state index in [9.17, 15) is 9.59 Å². The Labute approximate surface area is 197 Å². The van der Waals surface area contributed by atoms with Gasteiger partial charge in [0, 0.05) is 44.0 Å². The van der Waals surface area contributed by atoms with E-state index in [2.05, 4.69) is 31.5 Å². The second-order valence-electron chi connectivity index (χ2n) is 8.69. The van der Waals surface area contributed by atoms with Gasteiger partial charge in [-0.15, -0.1) is 5.10 Å². The number of piperazine rings is 1. The molecule has 1 fully saturated rings. The standard InChI is InChI=1S/C24H27N7O3/c1-17-19(3-5-22(26-17)31-9-7-25-27-28-31)15-23(32)30-12-10-29(11-13-30)8-6-18-2-4-21-20(14-18)16-34-24(21)33/h2-5,7,14H,6,8-13,15-16H2,1H3. The topological polar surface area (TPSA) is 103 Å². The van der Waals surface area contributed by atoms with Crippen LogP contribution >= 0.6 is 0 Å². The predicted octanol–water partition coefficient (Wildman–Crippen LogP) is 2.16. The van der Waals surface area contributed by atoms with E-state index in [0.717, 1.165) is 56.0 Å². The summed E-state index contributed by atoms with van der Waals surface area (Å²) in [5, 5.41) is 13.0. The number of benzene rings is 1. The highest BCUT2D eigenvalue weighted by atomic mass is 16.5. The molecular weight excluding hydrogens is 434 g/mol. The molecule has 0 unspecified atom stereocenters. The van der Waals surface area contributed by atoms with E-state index in [1.54, 1.807) is 11.2 Å². The first-order valence-electron chi connectivity index (χ1n) is 11.5. The number of hydrogen-bond acceptors (Lipinski definition) is 9. The van der Waals surface area contributed by atoms with Crippen molar-refractivity contribution in [3.63, 3.8) is 0 Å². The first kappa shape index (κ1) is 22.1. The molecule has 4 heterocycles. The monoisotopic (exact) mass is 461 g/mol. The molecule has 10 nitrogen and oxygen atoms in total. The Balaban J connectivity index is 1.10. The predicted molar refractivity (Wildman–Crippen MR) is 126 cm³/mol. The van der Waals surface area contributed by atoms with Gasteiger partial charge in [0.25, 0.3) is 0 Å². The fourth-order valence-corrected chi connectivity index (χ4v) is 4.43. The van der Waals surface area contributed by atoms with E-state index in [1.807, 2.05) is 36.1 Å². The number of ether oxygens (including phenoxy) is 1. The number of hydrogen-bond donors (Lipinski definition) is 0. The molecule has 1 aromatic heterocycles. The molecule has 1 amide bonds. The smallest absolute Gasteiger partial charge is 0.338 e. The third kappa shape index (κ3) is 4.81. The van der Waals surface area contributed by atoms with Crippen molar-refractivity contribution in [2.75, 3.05) is 44.3 Å². The van der Waals surface area contributed by atoms with Gasteiger partial charge in [0.1, 0.15) is 6.61 Å². The van der Waals surface area contributed by atoms with Crippen LogP contribution in [0.4, 0.5) is 5.82 Å². The summed E-state index contributed by atoms with van der Waals surface area (Å²) in [6, 6.07) is 9.76. The number of pyridine rings is 1. The lowest BCUT2D eigenvalue weighted by atomic mass is 10.0. The van der Waals surface area contributed by atoms with E-state index in [4.69, 9.17) is 4.74 Å². The molecule has 10 heteroatoms. The number of esters is 1. The van der Waals surface area contributed by atoms with Crippen LogP contribution in [0.15, 0.2) is 45.9 Å². The molecule has 0 N–H and O–H groups in total. The third-order valence-corrected chi connectivity index (χ3v) is 6.51. The molecule has 0 saturated carbocycles. The number of aromatic nitrogens is 1. The number of carbonyl (C=O) groups is 2. The molecule has 3 aliphatic rings. The second kappa shape index (κ2) is 9.68. The quantitative estimate of drug-likeness (QED) is 0.611. The number of nitrogens with zero attached hydrogens (tertiary/aromatic N) is 7. The number of amides is 1. The molecule has 176 valence electrons. The summed E-state index contributed by atoms with van der Waals surface area (Å²) in [5.41, 5.74) is 4.62. The normalized spacial score (nSPS) is 17.7. The summed E-state index contributed by atoms with van der Waals surface area (Å²) in [6.45, 7) is 6.91. The molecule has 0 bridgehead atoms. The lowest BCUT2D eigenvalue weighted by molar-refractivity contribution is -0.132. The van der Waals surface area contributed by atoms with Crippen LogP contribution < -0.4 is 5.01 Å². The van der Waals surface area contributed by atoms with E-state index in [-0.39, 0.29) is 11.9 Å². The fraction of sp³-hybridized carbons (Fsp3) is 0.417.